The molecule has 0 aliphatic carbocycles. The quantitative estimate of drug-likeness (QED) is 0.940. The maximum absolute atomic E-state index is 12.9. The van der Waals surface area contributed by atoms with Crippen LogP contribution < -0.4 is 15.0 Å². The van der Waals surface area contributed by atoms with Crippen molar-refractivity contribution in [1.29, 1.82) is 0 Å². The van der Waals surface area contributed by atoms with Crippen molar-refractivity contribution >= 4 is 5.69 Å². The van der Waals surface area contributed by atoms with Gasteiger partial charge in [0.2, 0.25) is 0 Å². The first kappa shape index (κ1) is 12.6. The van der Waals surface area contributed by atoms with Gasteiger partial charge in [-0.05, 0) is 30.7 Å². The first-order chi connectivity index (χ1) is 10.3. The number of pyridine rings is 1. The molecule has 0 radical (unpaired) electrons. The molecular weight excluding hydrogens is 269 g/mol. The van der Waals surface area contributed by atoms with Gasteiger partial charge in [-0.15, -0.1) is 0 Å². The minimum absolute atomic E-state index is 0.269. The molecule has 2 fully saturated rings. The van der Waals surface area contributed by atoms with E-state index in [1.807, 2.05) is 12.3 Å². The van der Waals surface area contributed by atoms with E-state index in [0.717, 1.165) is 18.8 Å². The highest BCUT2D eigenvalue weighted by molar-refractivity contribution is 5.52. The van der Waals surface area contributed by atoms with Crippen LogP contribution in [0.3, 0.4) is 0 Å². The summed E-state index contributed by atoms with van der Waals surface area (Å²) in [5.41, 5.74) is 1.09. The van der Waals surface area contributed by atoms with E-state index >= 15 is 0 Å². The lowest BCUT2D eigenvalue weighted by atomic mass is 10.2. The third-order valence-corrected chi connectivity index (χ3v) is 4.14. The second-order valence-electron chi connectivity index (χ2n) is 5.58. The van der Waals surface area contributed by atoms with Gasteiger partial charge in [-0.25, -0.2) is 4.39 Å². The fraction of sp³-hybridized carbons (Fsp3) is 0.312. The van der Waals surface area contributed by atoms with Crippen molar-refractivity contribution in [2.24, 2.45) is 0 Å². The van der Waals surface area contributed by atoms with E-state index in [4.69, 9.17) is 4.74 Å². The van der Waals surface area contributed by atoms with Crippen molar-refractivity contribution < 1.29 is 9.13 Å². The zero-order chi connectivity index (χ0) is 14.2. The van der Waals surface area contributed by atoms with Crippen molar-refractivity contribution in [1.82, 2.24) is 10.3 Å². The van der Waals surface area contributed by atoms with E-state index in [1.54, 1.807) is 18.3 Å². The topological polar surface area (TPSA) is 37.4 Å². The SMILES string of the molecule is Fc1ccc(Oc2cncc(N3CC4CC3CN4)c2)cc1. The van der Waals surface area contributed by atoms with Crippen LogP contribution in [-0.4, -0.2) is 30.2 Å². The van der Waals surface area contributed by atoms with E-state index in [2.05, 4.69) is 15.2 Å². The van der Waals surface area contributed by atoms with Crippen LogP contribution in [0.5, 0.6) is 11.5 Å². The highest BCUT2D eigenvalue weighted by Crippen LogP contribution is 2.31. The lowest BCUT2D eigenvalue weighted by Crippen LogP contribution is -2.43. The Morgan fingerprint density at radius 2 is 2.05 bits per heavy atom. The molecule has 2 bridgehead atoms. The normalized spacial score (nSPS) is 23.6. The van der Waals surface area contributed by atoms with Gasteiger partial charge in [0.25, 0.3) is 0 Å². The standard InChI is InChI=1S/C16H16FN3O/c17-11-1-3-15(4-2-11)21-16-6-14(7-18-9-16)20-10-12-5-13(20)8-19-12/h1-4,6-7,9,12-13,19H,5,8,10H2. The van der Waals surface area contributed by atoms with Gasteiger partial charge in [0, 0.05) is 31.2 Å². The summed E-state index contributed by atoms with van der Waals surface area (Å²) in [6, 6.07) is 9.15. The molecule has 0 spiro atoms. The predicted molar refractivity (Wildman–Crippen MR) is 78.3 cm³/mol. The average molecular weight is 285 g/mol. The Labute approximate surface area is 122 Å². The summed E-state index contributed by atoms with van der Waals surface area (Å²) in [7, 11) is 0. The van der Waals surface area contributed by atoms with Crippen molar-refractivity contribution in [2.45, 2.75) is 18.5 Å². The number of hydrogen-bond acceptors (Lipinski definition) is 4. The molecule has 2 atom stereocenters. The van der Waals surface area contributed by atoms with Crippen LogP contribution in [0.2, 0.25) is 0 Å². The van der Waals surface area contributed by atoms with Crippen LogP contribution in [0.25, 0.3) is 0 Å². The number of anilines is 1. The molecule has 21 heavy (non-hydrogen) atoms. The summed E-state index contributed by atoms with van der Waals surface area (Å²) in [5, 5.41) is 3.49. The van der Waals surface area contributed by atoms with Gasteiger partial charge in [-0.3, -0.25) is 4.98 Å². The Kier molecular flexibility index (Phi) is 3.00. The number of aromatic nitrogens is 1. The molecular formula is C16H16FN3O. The van der Waals surface area contributed by atoms with E-state index in [-0.39, 0.29) is 5.82 Å². The van der Waals surface area contributed by atoms with Crippen molar-refractivity contribution in [3.8, 4) is 11.5 Å². The molecule has 5 heteroatoms. The molecule has 2 unspecified atom stereocenters. The van der Waals surface area contributed by atoms with Gasteiger partial charge in [-0.2, -0.15) is 0 Å². The Morgan fingerprint density at radius 1 is 1.19 bits per heavy atom. The maximum Gasteiger partial charge on any atom is 0.147 e. The monoisotopic (exact) mass is 285 g/mol. The maximum atomic E-state index is 12.9. The third-order valence-electron chi connectivity index (χ3n) is 4.14. The molecule has 1 aromatic heterocycles. The summed E-state index contributed by atoms with van der Waals surface area (Å²) in [6.45, 7) is 2.06. The Balaban J connectivity index is 1.54. The zero-order valence-corrected chi connectivity index (χ0v) is 11.5. The smallest absolute Gasteiger partial charge is 0.147 e. The molecule has 0 amide bonds. The van der Waals surface area contributed by atoms with Crippen LogP contribution >= 0.6 is 0 Å². The van der Waals surface area contributed by atoms with Crippen LogP contribution in [0.15, 0.2) is 42.7 Å². The number of rotatable bonds is 3. The molecule has 2 aliphatic heterocycles. The zero-order valence-electron chi connectivity index (χ0n) is 11.5. The highest BCUT2D eigenvalue weighted by Gasteiger charge is 2.37. The number of nitrogens with zero attached hydrogens (tertiary/aromatic N) is 2. The summed E-state index contributed by atoms with van der Waals surface area (Å²) >= 11 is 0. The molecule has 4 nitrogen and oxygen atoms in total. The van der Waals surface area contributed by atoms with Crippen LogP contribution in [0.1, 0.15) is 6.42 Å². The number of hydrogen-bond donors (Lipinski definition) is 1. The minimum Gasteiger partial charge on any atom is -0.456 e. The molecule has 108 valence electrons. The number of piperazine rings is 1. The second-order valence-corrected chi connectivity index (χ2v) is 5.58. The third kappa shape index (κ3) is 2.45. The molecule has 3 heterocycles. The highest BCUT2D eigenvalue weighted by atomic mass is 19.1. The number of nitrogens with one attached hydrogen (secondary N) is 1. The Morgan fingerprint density at radius 3 is 2.76 bits per heavy atom. The van der Waals surface area contributed by atoms with Gasteiger partial charge in [0.15, 0.2) is 0 Å². The Hall–Kier alpha value is -2.14. The lowest BCUT2D eigenvalue weighted by molar-refractivity contribution is 0.477. The molecule has 2 aromatic rings. The summed E-state index contributed by atoms with van der Waals surface area (Å²) in [4.78, 5) is 6.65. The van der Waals surface area contributed by atoms with Crippen LogP contribution in [0.4, 0.5) is 10.1 Å². The first-order valence-electron chi connectivity index (χ1n) is 7.16. The summed E-state index contributed by atoms with van der Waals surface area (Å²) in [5.74, 6) is 1.02. The van der Waals surface area contributed by atoms with Crippen LogP contribution in [0, 0.1) is 5.82 Å². The average Bonchev–Trinajstić information content (AvgIpc) is 3.13. The second kappa shape index (κ2) is 5.00. The molecule has 2 saturated heterocycles. The van der Waals surface area contributed by atoms with Crippen molar-refractivity contribution in [2.75, 3.05) is 18.0 Å². The van der Waals surface area contributed by atoms with E-state index in [9.17, 15) is 4.39 Å². The number of fused-ring (bicyclic) bond motifs is 2. The largest absolute Gasteiger partial charge is 0.456 e. The Bertz CT molecular complexity index is 646. The molecule has 1 N–H and O–H groups in total. The van der Waals surface area contributed by atoms with Crippen molar-refractivity contribution in [3.05, 3.63) is 48.5 Å². The summed E-state index contributed by atoms with van der Waals surface area (Å²) < 4.78 is 18.6. The number of ether oxygens (including phenoxy) is 1. The molecule has 1 aromatic carbocycles. The van der Waals surface area contributed by atoms with Gasteiger partial charge in [-0.1, -0.05) is 0 Å². The fourth-order valence-corrected chi connectivity index (χ4v) is 3.14. The van der Waals surface area contributed by atoms with Crippen LogP contribution in [-0.2, 0) is 0 Å². The number of benzene rings is 1. The van der Waals surface area contributed by atoms with Gasteiger partial charge < -0.3 is 15.0 Å². The van der Waals surface area contributed by atoms with Gasteiger partial charge in [0.1, 0.15) is 17.3 Å². The van der Waals surface area contributed by atoms with Gasteiger partial charge >= 0.3 is 0 Å². The summed E-state index contributed by atoms with van der Waals surface area (Å²) in [6.07, 6.45) is 4.75. The minimum atomic E-state index is -0.269. The predicted octanol–water partition coefficient (Wildman–Crippen LogP) is 2.56. The fourth-order valence-electron chi connectivity index (χ4n) is 3.14. The molecule has 0 saturated carbocycles. The molecule has 4 rings (SSSR count). The van der Waals surface area contributed by atoms with E-state index in [1.165, 1.54) is 18.6 Å². The number of halogens is 1. The van der Waals surface area contributed by atoms with Crippen molar-refractivity contribution in [3.63, 3.8) is 0 Å². The lowest BCUT2D eigenvalue weighted by Gasteiger charge is -2.29. The first-order valence-corrected chi connectivity index (χ1v) is 7.16. The van der Waals surface area contributed by atoms with E-state index in [0.29, 0.717) is 23.6 Å². The molecule has 2 aliphatic rings. The van der Waals surface area contributed by atoms with Gasteiger partial charge in [0.05, 0.1) is 18.1 Å². The van der Waals surface area contributed by atoms with E-state index < -0.39 is 0 Å².